The van der Waals surface area contributed by atoms with Gasteiger partial charge in [-0.05, 0) is 43.9 Å². The van der Waals surface area contributed by atoms with Crippen LogP contribution >= 0.6 is 0 Å². The Bertz CT molecular complexity index is 439. The first kappa shape index (κ1) is 12.3. The third-order valence-electron chi connectivity index (χ3n) is 3.80. The molecule has 94 valence electrons. The Hall–Kier alpha value is -1.16. The van der Waals surface area contributed by atoms with E-state index in [1.165, 1.54) is 6.07 Å². The van der Waals surface area contributed by atoms with E-state index in [1.54, 1.807) is 13.0 Å². The fourth-order valence-electron chi connectivity index (χ4n) is 2.40. The largest absolute Gasteiger partial charge is 0.507 e. The van der Waals surface area contributed by atoms with Gasteiger partial charge < -0.3 is 10.8 Å². The van der Waals surface area contributed by atoms with E-state index in [0.717, 1.165) is 18.4 Å². The van der Waals surface area contributed by atoms with Crippen molar-refractivity contribution in [2.75, 3.05) is 0 Å². The van der Waals surface area contributed by atoms with Gasteiger partial charge in [0.1, 0.15) is 5.75 Å². The number of alkyl halides is 2. The molecule has 0 saturated heterocycles. The van der Waals surface area contributed by atoms with E-state index in [4.69, 9.17) is 5.73 Å². The molecule has 2 rings (SSSR count). The van der Waals surface area contributed by atoms with Crippen LogP contribution in [-0.4, -0.2) is 11.1 Å². The quantitative estimate of drug-likeness (QED) is 0.854. The molecule has 1 unspecified atom stereocenters. The van der Waals surface area contributed by atoms with Crippen molar-refractivity contribution in [2.24, 2.45) is 5.73 Å². The highest BCUT2D eigenvalue weighted by atomic mass is 19.3. The molecule has 17 heavy (non-hydrogen) atoms. The molecule has 1 atom stereocenters. The SMILES string of the molecule is Cc1cc(C2(C(C)N)CC2)cc(C(F)F)c1O. The predicted octanol–water partition coefficient (Wildman–Crippen LogP) is 3.02. The number of aryl methyl sites for hydroxylation is 1. The van der Waals surface area contributed by atoms with Crippen molar-refractivity contribution in [3.63, 3.8) is 0 Å². The summed E-state index contributed by atoms with van der Waals surface area (Å²) in [4.78, 5) is 0. The molecule has 0 amide bonds. The lowest BCUT2D eigenvalue weighted by Crippen LogP contribution is -2.31. The van der Waals surface area contributed by atoms with Gasteiger partial charge in [0.15, 0.2) is 0 Å². The zero-order valence-electron chi connectivity index (χ0n) is 10.0. The van der Waals surface area contributed by atoms with Crippen LogP contribution < -0.4 is 5.73 Å². The molecule has 1 aliphatic carbocycles. The molecule has 3 N–H and O–H groups in total. The van der Waals surface area contributed by atoms with Gasteiger partial charge in [-0.2, -0.15) is 0 Å². The third kappa shape index (κ3) is 1.90. The Labute approximate surface area is 99.4 Å². The van der Waals surface area contributed by atoms with Crippen molar-refractivity contribution >= 4 is 0 Å². The van der Waals surface area contributed by atoms with E-state index < -0.39 is 6.43 Å². The second-order valence-electron chi connectivity index (χ2n) is 4.98. The standard InChI is InChI=1S/C13H17F2NO/c1-7-5-9(13(3-4-13)8(2)16)6-10(11(7)17)12(14)15/h5-6,8,12,17H,3-4,16H2,1-2H3. The normalized spacial score (nSPS) is 19.4. The summed E-state index contributed by atoms with van der Waals surface area (Å²) in [6.07, 6.45) is -0.799. The highest BCUT2D eigenvalue weighted by molar-refractivity contribution is 5.48. The summed E-state index contributed by atoms with van der Waals surface area (Å²) in [7, 11) is 0. The first-order chi connectivity index (χ1) is 7.88. The number of benzene rings is 1. The van der Waals surface area contributed by atoms with Crippen LogP contribution in [0.25, 0.3) is 0 Å². The van der Waals surface area contributed by atoms with Crippen molar-refractivity contribution in [1.29, 1.82) is 0 Å². The maximum atomic E-state index is 12.8. The fraction of sp³-hybridized carbons (Fsp3) is 0.538. The van der Waals surface area contributed by atoms with Crippen LogP contribution in [0.5, 0.6) is 5.75 Å². The van der Waals surface area contributed by atoms with Crippen LogP contribution in [0.2, 0.25) is 0 Å². The molecular formula is C13H17F2NO. The van der Waals surface area contributed by atoms with Crippen LogP contribution in [0.15, 0.2) is 12.1 Å². The maximum Gasteiger partial charge on any atom is 0.267 e. The Morgan fingerprint density at radius 2 is 1.94 bits per heavy atom. The fourth-order valence-corrected chi connectivity index (χ4v) is 2.40. The highest BCUT2D eigenvalue weighted by Crippen LogP contribution is 2.51. The molecule has 1 saturated carbocycles. The van der Waals surface area contributed by atoms with Gasteiger partial charge in [-0.1, -0.05) is 6.07 Å². The molecular weight excluding hydrogens is 224 g/mol. The van der Waals surface area contributed by atoms with Gasteiger partial charge >= 0.3 is 0 Å². The lowest BCUT2D eigenvalue weighted by molar-refractivity contribution is 0.147. The molecule has 4 heteroatoms. The average Bonchev–Trinajstić information content (AvgIpc) is 3.02. The van der Waals surface area contributed by atoms with Gasteiger partial charge in [-0.25, -0.2) is 8.78 Å². The molecule has 0 aromatic heterocycles. The summed E-state index contributed by atoms with van der Waals surface area (Å²) in [5.41, 5.74) is 6.80. The zero-order valence-corrected chi connectivity index (χ0v) is 10.0. The van der Waals surface area contributed by atoms with Gasteiger partial charge in [0.05, 0.1) is 5.56 Å². The molecule has 1 fully saturated rings. The number of rotatable bonds is 3. The number of hydrogen-bond acceptors (Lipinski definition) is 2. The number of aromatic hydroxyl groups is 1. The molecule has 1 aliphatic rings. The van der Waals surface area contributed by atoms with Crippen molar-refractivity contribution in [2.45, 2.75) is 44.6 Å². The van der Waals surface area contributed by atoms with Gasteiger partial charge in [0.2, 0.25) is 0 Å². The maximum absolute atomic E-state index is 12.8. The van der Waals surface area contributed by atoms with Crippen LogP contribution in [0.4, 0.5) is 8.78 Å². The number of hydrogen-bond donors (Lipinski definition) is 2. The monoisotopic (exact) mass is 241 g/mol. The summed E-state index contributed by atoms with van der Waals surface area (Å²) in [6, 6.07) is 3.12. The predicted molar refractivity (Wildman–Crippen MR) is 62.4 cm³/mol. The van der Waals surface area contributed by atoms with Gasteiger partial charge in [-0.15, -0.1) is 0 Å². The Kier molecular flexibility index (Phi) is 2.86. The molecule has 1 aromatic rings. The van der Waals surface area contributed by atoms with Crippen LogP contribution in [0, 0.1) is 6.92 Å². The lowest BCUT2D eigenvalue weighted by atomic mass is 9.87. The topological polar surface area (TPSA) is 46.2 Å². The lowest BCUT2D eigenvalue weighted by Gasteiger charge is -2.22. The van der Waals surface area contributed by atoms with E-state index in [2.05, 4.69) is 0 Å². The first-order valence-electron chi connectivity index (χ1n) is 5.76. The molecule has 0 radical (unpaired) electrons. The highest BCUT2D eigenvalue weighted by Gasteiger charge is 2.47. The number of nitrogens with two attached hydrogens (primary N) is 1. The minimum atomic E-state index is -2.66. The minimum absolute atomic E-state index is 0.0584. The van der Waals surface area contributed by atoms with Gasteiger partial charge in [0, 0.05) is 11.5 Å². The second-order valence-corrected chi connectivity index (χ2v) is 4.98. The van der Waals surface area contributed by atoms with Crippen LogP contribution in [-0.2, 0) is 5.41 Å². The van der Waals surface area contributed by atoms with Crippen molar-refractivity contribution in [3.05, 3.63) is 28.8 Å². The summed E-state index contributed by atoms with van der Waals surface area (Å²) in [5.74, 6) is -0.302. The number of phenolic OH excluding ortho intramolecular Hbond substituents is 1. The van der Waals surface area contributed by atoms with Gasteiger partial charge in [0.25, 0.3) is 6.43 Å². The van der Waals surface area contributed by atoms with E-state index in [0.29, 0.717) is 5.56 Å². The summed E-state index contributed by atoms with van der Waals surface area (Å²) < 4.78 is 25.6. The average molecular weight is 241 g/mol. The number of phenols is 1. The summed E-state index contributed by atoms with van der Waals surface area (Å²) in [5, 5.41) is 9.61. The van der Waals surface area contributed by atoms with Crippen LogP contribution in [0.1, 0.15) is 42.9 Å². The zero-order chi connectivity index (χ0) is 12.8. The minimum Gasteiger partial charge on any atom is -0.507 e. The molecule has 0 aliphatic heterocycles. The first-order valence-corrected chi connectivity index (χ1v) is 5.76. The molecule has 0 bridgehead atoms. The van der Waals surface area contributed by atoms with Crippen molar-refractivity contribution < 1.29 is 13.9 Å². The van der Waals surface area contributed by atoms with Gasteiger partial charge in [-0.3, -0.25) is 0 Å². The Morgan fingerprint density at radius 1 is 1.35 bits per heavy atom. The molecule has 0 spiro atoms. The second kappa shape index (κ2) is 3.95. The third-order valence-corrected chi connectivity index (χ3v) is 3.80. The molecule has 0 heterocycles. The number of halogens is 2. The van der Waals surface area contributed by atoms with E-state index in [9.17, 15) is 13.9 Å². The smallest absolute Gasteiger partial charge is 0.267 e. The Balaban J connectivity index is 2.50. The summed E-state index contributed by atoms with van der Waals surface area (Å²) in [6.45, 7) is 3.54. The molecule has 1 aromatic carbocycles. The summed E-state index contributed by atoms with van der Waals surface area (Å²) >= 11 is 0. The van der Waals surface area contributed by atoms with E-state index >= 15 is 0 Å². The molecule has 2 nitrogen and oxygen atoms in total. The van der Waals surface area contributed by atoms with Crippen LogP contribution in [0.3, 0.4) is 0 Å². The van der Waals surface area contributed by atoms with Crippen molar-refractivity contribution in [1.82, 2.24) is 0 Å². The Morgan fingerprint density at radius 3 is 2.35 bits per heavy atom. The van der Waals surface area contributed by atoms with E-state index in [-0.39, 0.29) is 22.8 Å². The van der Waals surface area contributed by atoms with Crippen molar-refractivity contribution in [3.8, 4) is 5.75 Å². The van der Waals surface area contributed by atoms with E-state index in [1.807, 2.05) is 6.92 Å².